The van der Waals surface area contributed by atoms with E-state index in [9.17, 15) is 23.1 Å². The van der Waals surface area contributed by atoms with Crippen molar-refractivity contribution in [2.45, 2.75) is 36.6 Å². The van der Waals surface area contributed by atoms with Crippen molar-refractivity contribution in [2.24, 2.45) is 0 Å². The molecule has 1 aromatic heterocycles. The van der Waals surface area contributed by atoms with Crippen LogP contribution in [0, 0.1) is 0 Å². The molecule has 0 fully saturated rings. The highest BCUT2D eigenvalue weighted by Gasteiger charge is 2.48. The Bertz CT molecular complexity index is 1310. The van der Waals surface area contributed by atoms with Gasteiger partial charge in [0.1, 0.15) is 5.75 Å². The van der Waals surface area contributed by atoms with Crippen LogP contribution in [0.3, 0.4) is 0 Å². The van der Waals surface area contributed by atoms with E-state index in [0.29, 0.717) is 16.2 Å². The molecule has 0 saturated heterocycles. The molecule has 0 radical (unpaired) electrons. The summed E-state index contributed by atoms with van der Waals surface area (Å²) >= 11 is 1.22. The lowest BCUT2D eigenvalue weighted by Crippen LogP contribution is -2.52. The minimum absolute atomic E-state index is 0.0934. The first kappa shape index (κ1) is 24.7. The number of amides is 1. The third-order valence-corrected chi connectivity index (χ3v) is 8.61. The number of benzene rings is 2. The molecule has 4 rings (SSSR count). The topological polar surface area (TPSA) is 122 Å². The highest BCUT2D eigenvalue weighted by Crippen LogP contribution is 2.41. The normalized spacial score (nSPS) is 18.8. The van der Waals surface area contributed by atoms with Gasteiger partial charge in [-0.05, 0) is 53.8 Å². The van der Waals surface area contributed by atoms with E-state index in [4.69, 9.17) is 9.47 Å². The quantitative estimate of drug-likeness (QED) is 0.488. The van der Waals surface area contributed by atoms with Crippen molar-refractivity contribution >= 4 is 33.4 Å². The van der Waals surface area contributed by atoms with Gasteiger partial charge in [-0.25, -0.2) is 13.2 Å². The summed E-state index contributed by atoms with van der Waals surface area (Å²) < 4.78 is 38.5. The van der Waals surface area contributed by atoms with Crippen LogP contribution in [-0.4, -0.2) is 43.0 Å². The van der Waals surface area contributed by atoms with E-state index in [-0.39, 0.29) is 11.4 Å². The molecule has 3 atom stereocenters. The molecular formula is C24H24N2O7S2. The first-order valence-electron chi connectivity index (χ1n) is 10.7. The van der Waals surface area contributed by atoms with Crippen LogP contribution in [-0.2, 0) is 26.1 Å². The molecule has 9 nitrogen and oxygen atoms in total. The maximum absolute atomic E-state index is 13.5. The van der Waals surface area contributed by atoms with E-state index < -0.39 is 40.3 Å². The Morgan fingerprint density at radius 2 is 1.80 bits per heavy atom. The van der Waals surface area contributed by atoms with Crippen LogP contribution in [0.1, 0.15) is 35.1 Å². The molecule has 3 aromatic rings. The van der Waals surface area contributed by atoms with Crippen molar-refractivity contribution in [3.63, 3.8) is 0 Å². The fraction of sp³-hybridized carbons (Fsp3) is 0.250. The first-order valence-corrected chi connectivity index (χ1v) is 13.0. The lowest BCUT2D eigenvalue weighted by molar-refractivity contribution is -0.146. The molecule has 0 saturated carbocycles. The number of ether oxygens (including phenoxy) is 2. The molecule has 3 unspecified atom stereocenters. The molecule has 1 aliphatic heterocycles. The van der Waals surface area contributed by atoms with E-state index in [0.717, 1.165) is 9.87 Å². The Morgan fingerprint density at radius 3 is 2.43 bits per heavy atom. The van der Waals surface area contributed by atoms with Crippen molar-refractivity contribution < 1.29 is 32.6 Å². The summed E-state index contributed by atoms with van der Waals surface area (Å²) in [6.45, 7) is 1.61. The number of carboxylic acid groups (broad SMARTS) is 1. The van der Waals surface area contributed by atoms with Gasteiger partial charge in [0.2, 0.25) is 10.0 Å². The predicted molar refractivity (Wildman–Crippen MR) is 129 cm³/mol. The number of thiophene rings is 1. The summed E-state index contributed by atoms with van der Waals surface area (Å²) in [6.07, 6.45) is -2.17. The summed E-state index contributed by atoms with van der Waals surface area (Å²) in [4.78, 5) is 25.6. The molecule has 2 heterocycles. The molecule has 184 valence electrons. The Labute approximate surface area is 207 Å². The Kier molecular flexibility index (Phi) is 7.10. The Hall–Kier alpha value is -3.41. The van der Waals surface area contributed by atoms with Gasteiger partial charge >= 0.3 is 12.1 Å². The van der Waals surface area contributed by atoms with Crippen molar-refractivity contribution in [3.8, 4) is 5.75 Å². The van der Waals surface area contributed by atoms with Crippen LogP contribution in [0.15, 0.2) is 70.9 Å². The lowest BCUT2D eigenvalue weighted by Gasteiger charge is -2.37. The van der Waals surface area contributed by atoms with E-state index in [1.807, 2.05) is 30.3 Å². The minimum Gasteiger partial charge on any atom is -0.497 e. The maximum atomic E-state index is 13.5. The van der Waals surface area contributed by atoms with Crippen molar-refractivity contribution in [3.05, 3.63) is 82.0 Å². The fourth-order valence-electron chi connectivity index (χ4n) is 3.93. The zero-order valence-electron chi connectivity index (χ0n) is 19.0. The number of rotatable bonds is 7. The zero-order chi connectivity index (χ0) is 25.2. The van der Waals surface area contributed by atoms with Crippen LogP contribution in [0.25, 0.3) is 0 Å². The first-order chi connectivity index (χ1) is 16.7. The molecule has 35 heavy (non-hydrogen) atoms. The number of aliphatic carboxylic acids is 1. The number of alkyl carbamates (subject to hydrolysis) is 1. The Morgan fingerprint density at radius 1 is 1.11 bits per heavy atom. The summed E-state index contributed by atoms with van der Waals surface area (Å²) in [6, 6.07) is 14.5. The average Bonchev–Trinajstić information content (AvgIpc) is 3.33. The van der Waals surface area contributed by atoms with E-state index in [1.54, 1.807) is 18.4 Å². The van der Waals surface area contributed by atoms with Gasteiger partial charge in [-0.1, -0.05) is 30.3 Å². The van der Waals surface area contributed by atoms with Crippen LogP contribution in [0.4, 0.5) is 4.79 Å². The molecule has 0 spiro atoms. The molecule has 1 amide bonds. The van der Waals surface area contributed by atoms with Gasteiger partial charge in [-0.3, -0.25) is 4.79 Å². The number of nitrogens with one attached hydrogen (secondary N) is 1. The van der Waals surface area contributed by atoms with Gasteiger partial charge in [0.05, 0.1) is 22.9 Å². The summed E-state index contributed by atoms with van der Waals surface area (Å²) in [5.41, 5.74) is 1.42. The average molecular weight is 517 g/mol. The second kappa shape index (κ2) is 10.1. The summed E-state index contributed by atoms with van der Waals surface area (Å²) in [5.74, 6) is -0.960. The van der Waals surface area contributed by atoms with Crippen LogP contribution < -0.4 is 10.1 Å². The van der Waals surface area contributed by atoms with Crippen LogP contribution in [0.2, 0.25) is 0 Å². The van der Waals surface area contributed by atoms with Crippen molar-refractivity contribution in [1.29, 1.82) is 0 Å². The molecule has 0 bridgehead atoms. The van der Waals surface area contributed by atoms with E-state index in [2.05, 4.69) is 5.32 Å². The number of carbonyl (C=O) groups is 2. The fourth-order valence-corrected chi connectivity index (χ4v) is 6.46. The monoisotopic (exact) mass is 516 g/mol. The molecule has 1 aliphatic rings. The highest BCUT2D eigenvalue weighted by atomic mass is 32.2. The number of methoxy groups -OCH3 is 1. The smallest absolute Gasteiger partial charge is 0.408 e. The maximum Gasteiger partial charge on any atom is 0.408 e. The predicted octanol–water partition coefficient (Wildman–Crippen LogP) is 3.94. The summed E-state index contributed by atoms with van der Waals surface area (Å²) in [5, 5.41) is 14.5. The molecular weight excluding hydrogens is 492 g/mol. The second-order valence-electron chi connectivity index (χ2n) is 7.92. The van der Waals surface area contributed by atoms with E-state index >= 15 is 0 Å². The van der Waals surface area contributed by atoms with Gasteiger partial charge in [-0.15, -0.1) is 11.3 Å². The van der Waals surface area contributed by atoms with Crippen molar-refractivity contribution in [1.82, 2.24) is 9.62 Å². The number of carbonyl (C=O) groups excluding carboxylic acids is 1. The number of hydrogen-bond donors (Lipinski definition) is 2. The van der Waals surface area contributed by atoms with Gasteiger partial charge in [0.15, 0.2) is 12.1 Å². The standard InChI is InChI=1S/C24H24N2O7S2/c1-15(16-6-4-3-5-7-16)25-24(29)33-21-20(23(27)28)26(14-17-12-13-34-22(17)21)35(30,31)19-10-8-18(32-2)9-11-19/h3-13,15,20-21H,14H2,1-2H3,(H,25,29)(H,27,28). The number of nitrogens with zero attached hydrogens (tertiary/aromatic N) is 1. The van der Waals surface area contributed by atoms with Gasteiger partial charge in [0.25, 0.3) is 0 Å². The number of fused-ring (bicyclic) bond motifs is 1. The largest absolute Gasteiger partial charge is 0.497 e. The minimum atomic E-state index is -4.25. The number of hydrogen-bond acceptors (Lipinski definition) is 7. The zero-order valence-corrected chi connectivity index (χ0v) is 20.6. The molecule has 2 aromatic carbocycles. The van der Waals surface area contributed by atoms with Gasteiger partial charge in [-0.2, -0.15) is 4.31 Å². The van der Waals surface area contributed by atoms with Gasteiger partial charge < -0.3 is 19.9 Å². The van der Waals surface area contributed by atoms with Gasteiger partial charge in [0, 0.05) is 6.54 Å². The SMILES string of the molecule is COc1ccc(S(=O)(=O)N2Cc3ccsc3C(OC(=O)NC(C)c3ccccc3)C2C(=O)O)cc1. The number of sulfonamides is 1. The highest BCUT2D eigenvalue weighted by molar-refractivity contribution is 7.89. The number of carboxylic acids is 1. The third kappa shape index (κ3) is 5.02. The molecule has 2 N–H and O–H groups in total. The lowest BCUT2D eigenvalue weighted by atomic mass is 10.0. The van der Waals surface area contributed by atoms with E-state index in [1.165, 1.54) is 42.7 Å². The second-order valence-corrected chi connectivity index (χ2v) is 10.8. The molecule has 11 heteroatoms. The van der Waals surface area contributed by atoms with Crippen LogP contribution >= 0.6 is 11.3 Å². The Balaban J connectivity index is 1.65. The molecule has 0 aliphatic carbocycles. The van der Waals surface area contributed by atoms with Crippen LogP contribution in [0.5, 0.6) is 5.75 Å². The third-order valence-electron chi connectivity index (χ3n) is 5.75. The van der Waals surface area contributed by atoms with Crippen molar-refractivity contribution in [2.75, 3.05) is 7.11 Å². The summed E-state index contributed by atoms with van der Waals surface area (Å²) in [7, 11) is -2.79.